The Morgan fingerprint density at radius 3 is 2.79 bits per heavy atom. The first-order valence-corrected chi connectivity index (χ1v) is 7.99. The van der Waals surface area contributed by atoms with Crippen molar-refractivity contribution in [1.29, 1.82) is 0 Å². The van der Waals surface area contributed by atoms with Gasteiger partial charge in [-0.15, -0.1) is 0 Å². The van der Waals surface area contributed by atoms with Gasteiger partial charge >= 0.3 is 6.03 Å². The number of furan rings is 1. The fraction of sp³-hybridized carbons (Fsp3) is 0.211. The molecule has 5 nitrogen and oxygen atoms in total. The van der Waals surface area contributed by atoms with Crippen LogP contribution < -0.4 is 15.4 Å². The Hall–Kier alpha value is -2.95. The van der Waals surface area contributed by atoms with Crippen LogP contribution in [0.4, 0.5) is 10.5 Å². The van der Waals surface area contributed by atoms with Crippen LogP contribution in [-0.4, -0.2) is 19.2 Å². The molecule has 2 aromatic carbocycles. The Labute approximate surface area is 140 Å². The quantitative estimate of drug-likeness (QED) is 0.714. The maximum absolute atomic E-state index is 12.1. The van der Waals surface area contributed by atoms with Gasteiger partial charge in [0.1, 0.15) is 11.3 Å². The van der Waals surface area contributed by atoms with Gasteiger partial charge in [-0.05, 0) is 37.1 Å². The molecule has 2 amide bonds. The summed E-state index contributed by atoms with van der Waals surface area (Å²) in [5.41, 5.74) is 2.61. The smallest absolute Gasteiger partial charge is 0.319 e. The fourth-order valence-corrected chi connectivity index (χ4v) is 2.55. The van der Waals surface area contributed by atoms with E-state index in [1.165, 1.54) is 0 Å². The van der Waals surface area contributed by atoms with E-state index in [0.717, 1.165) is 16.5 Å². The van der Waals surface area contributed by atoms with E-state index in [4.69, 9.17) is 9.15 Å². The molecule has 0 aliphatic carbocycles. The van der Waals surface area contributed by atoms with Crippen molar-refractivity contribution in [3.05, 3.63) is 60.4 Å². The standard InChI is InChI=1S/C19H20N2O3/c1-2-23-18-10-6-4-8-16(18)21-19(22)20-12-11-14-13-24-17-9-5-3-7-15(14)17/h3-10,13H,2,11-12H2,1H3,(H2,20,21,22). The first-order valence-electron chi connectivity index (χ1n) is 7.99. The Morgan fingerprint density at radius 2 is 1.92 bits per heavy atom. The molecule has 3 rings (SSSR count). The average Bonchev–Trinajstić information content (AvgIpc) is 3.00. The second kappa shape index (κ2) is 7.55. The molecule has 0 saturated carbocycles. The van der Waals surface area contributed by atoms with Crippen molar-refractivity contribution < 1.29 is 13.9 Å². The van der Waals surface area contributed by atoms with Crippen molar-refractivity contribution in [2.75, 3.05) is 18.5 Å². The van der Waals surface area contributed by atoms with Crippen LogP contribution in [0.3, 0.4) is 0 Å². The third-order valence-electron chi connectivity index (χ3n) is 3.68. The predicted octanol–water partition coefficient (Wildman–Crippen LogP) is 4.20. The molecule has 24 heavy (non-hydrogen) atoms. The molecule has 0 atom stereocenters. The minimum absolute atomic E-state index is 0.255. The second-order valence-corrected chi connectivity index (χ2v) is 5.32. The van der Waals surface area contributed by atoms with E-state index in [2.05, 4.69) is 10.6 Å². The second-order valence-electron chi connectivity index (χ2n) is 5.32. The maximum atomic E-state index is 12.1. The van der Waals surface area contributed by atoms with Crippen LogP contribution in [0.1, 0.15) is 12.5 Å². The number of anilines is 1. The third kappa shape index (κ3) is 3.68. The van der Waals surface area contributed by atoms with E-state index >= 15 is 0 Å². The number of carbonyl (C=O) groups is 1. The lowest BCUT2D eigenvalue weighted by atomic mass is 10.1. The lowest BCUT2D eigenvalue weighted by Gasteiger charge is -2.11. The lowest BCUT2D eigenvalue weighted by Crippen LogP contribution is -2.30. The molecule has 0 saturated heterocycles. The molecule has 0 aliphatic rings. The van der Waals surface area contributed by atoms with Gasteiger partial charge < -0.3 is 19.8 Å². The molecule has 1 heterocycles. The average molecular weight is 324 g/mol. The van der Waals surface area contributed by atoms with Crippen LogP contribution in [0.15, 0.2) is 59.2 Å². The number of fused-ring (bicyclic) bond motifs is 1. The molecule has 0 aliphatic heterocycles. The zero-order chi connectivity index (χ0) is 16.8. The minimum Gasteiger partial charge on any atom is -0.492 e. The van der Waals surface area contributed by atoms with E-state index in [0.29, 0.717) is 31.0 Å². The molecule has 3 aromatic rings. The van der Waals surface area contributed by atoms with Gasteiger partial charge in [-0.25, -0.2) is 4.79 Å². The van der Waals surface area contributed by atoms with E-state index in [9.17, 15) is 4.79 Å². The van der Waals surface area contributed by atoms with Crippen LogP contribution in [0.5, 0.6) is 5.75 Å². The molecule has 5 heteroatoms. The number of hydrogen-bond donors (Lipinski definition) is 2. The molecule has 124 valence electrons. The number of benzene rings is 2. The van der Waals surface area contributed by atoms with Crippen molar-refractivity contribution in [2.24, 2.45) is 0 Å². The summed E-state index contributed by atoms with van der Waals surface area (Å²) in [6, 6.07) is 15.0. The summed E-state index contributed by atoms with van der Waals surface area (Å²) in [5.74, 6) is 0.663. The number of hydrogen-bond acceptors (Lipinski definition) is 3. The summed E-state index contributed by atoms with van der Waals surface area (Å²) in [6.45, 7) is 2.98. The molecule has 1 aromatic heterocycles. The lowest BCUT2D eigenvalue weighted by molar-refractivity contribution is 0.252. The van der Waals surface area contributed by atoms with Gasteiger partial charge in [0.15, 0.2) is 0 Å². The topological polar surface area (TPSA) is 63.5 Å². The van der Waals surface area contributed by atoms with Crippen LogP contribution in [0, 0.1) is 0 Å². The largest absolute Gasteiger partial charge is 0.492 e. The maximum Gasteiger partial charge on any atom is 0.319 e. The van der Waals surface area contributed by atoms with E-state index in [-0.39, 0.29) is 6.03 Å². The number of rotatable bonds is 6. The Bertz CT molecular complexity index is 826. The molecule has 0 unspecified atom stereocenters. The molecule has 0 bridgehead atoms. The Balaban J connectivity index is 1.55. The SMILES string of the molecule is CCOc1ccccc1NC(=O)NCCc1coc2ccccc12. The molecular weight excluding hydrogens is 304 g/mol. The number of nitrogens with one attached hydrogen (secondary N) is 2. The summed E-state index contributed by atoms with van der Waals surface area (Å²) in [7, 11) is 0. The van der Waals surface area contributed by atoms with Gasteiger partial charge in [-0.1, -0.05) is 30.3 Å². The summed E-state index contributed by atoms with van der Waals surface area (Å²) < 4.78 is 11.0. The van der Waals surface area contributed by atoms with Crippen LogP contribution in [-0.2, 0) is 6.42 Å². The van der Waals surface area contributed by atoms with E-state index < -0.39 is 0 Å². The molecule has 0 fully saturated rings. The van der Waals surface area contributed by atoms with Crippen molar-refractivity contribution in [1.82, 2.24) is 5.32 Å². The van der Waals surface area contributed by atoms with Gasteiger partial charge in [-0.2, -0.15) is 0 Å². The highest BCUT2D eigenvalue weighted by Gasteiger charge is 2.08. The first-order chi connectivity index (χ1) is 11.8. The van der Waals surface area contributed by atoms with Crippen LogP contribution in [0.25, 0.3) is 11.0 Å². The van der Waals surface area contributed by atoms with E-state index in [1.807, 2.05) is 55.5 Å². The number of carbonyl (C=O) groups excluding carboxylic acids is 1. The zero-order valence-electron chi connectivity index (χ0n) is 13.5. The van der Waals surface area contributed by atoms with Gasteiger partial charge in [-0.3, -0.25) is 0 Å². The highest BCUT2D eigenvalue weighted by Crippen LogP contribution is 2.23. The minimum atomic E-state index is -0.255. The van der Waals surface area contributed by atoms with Gasteiger partial charge in [0, 0.05) is 11.9 Å². The van der Waals surface area contributed by atoms with Crippen molar-refractivity contribution in [2.45, 2.75) is 13.3 Å². The van der Waals surface area contributed by atoms with Crippen molar-refractivity contribution >= 4 is 22.7 Å². The molecule has 2 N–H and O–H groups in total. The van der Waals surface area contributed by atoms with Crippen molar-refractivity contribution in [3.63, 3.8) is 0 Å². The number of ether oxygens (including phenoxy) is 1. The van der Waals surface area contributed by atoms with E-state index in [1.54, 1.807) is 6.26 Å². The fourth-order valence-electron chi connectivity index (χ4n) is 2.55. The summed E-state index contributed by atoms with van der Waals surface area (Å²) in [6.07, 6.45) is 2.45. The number of urea groups is 1. The monoisotopic (exact) mass is 324 g/mol. The number of para-hydroxylation sites is 3. The summed E-state index contributed by atoms with van der Waals surface area (Å²) >= 11 is 0. The molecule has 0 spiro atoms. The molecule has 0 radical (unpaired) electrons. The van der Waals surface area contributed by atoms with Gasteiger partial charge in [0.2, 0.25) is 0 Å². The first kappa shape index (κ1) is 15.9. The summed E-state index contributed by atoms with van der Waals surface area (Å²) in [4.78, 5) is 12.1. The highest BCUT2D eigenvalue weighted by atomic mass is 16.5. The summed E-state index contributed by atoms with van der Waals surface area (Å²) in [5, 5.41) is 6.75. The van der Waals surface area contributed by atoms with Gasteiger partial charge in [0.05, 0.1) is 18.6 Å². The van der Waals surface area contributed by atoms with Crippen LogP contribution >= 0.6 is 0 Å². The Kier molecular flexibility index (Phi) is 5.01. The predicted molar refractivity (Wildman–Crippen MR) is 94.6 cm³/mol. The highest BCUT2D eigenvalue weighted by molar-refractivity contribution is 5.91. The Morgan fingerprint density at radius 1 is 1.12 bits per heavy atom. The number of amides is 2. The van der Waals surface area contributed by atoms with Crippen LogP contribution in [0.2, 0.25) is 0 Å². The van der Waals surface area contributed by atoms with Gasteiger partial charge in [0.25, 0.3) is 0 Å². The van der Waals surface area contributed by atoms with Crippen molar-refractivity contribution in [3.8, 4) is 5.75 Å². The normalized spacial score (nSPS) is 10.5. The molecular formula is C19H20N2O3. The third-order valence-corrected chi connectivity index (χ3v) is 3.68. The zero-order valence-corrected chi connectivity index (χ0v) is 13.5.